The maximum Gasteiger partial charge on any atom is -0.0106 e. The lowest BCUT2D eigenvalue weighted by Crippen LogP contribution is -1.87. The van der Waals surface area contributed by atoms with Gasteiger partial charge in [-0.15, -0.1) is 0 Å². The summed E-state index contributed by atoms with van der Waals surface area (Å²) in [7, 11) is 0. The van der Waals surface area contributed by atoms with E-state index >= 15 is 0 Å². The van der Waals surface area contributed by atoms with Crippen molar-refractivity contribution in [2.75, 3.05) is 6.54 Å². The van der Waals surface area contributed by atoms with Crippen LogP contribution in [0.2, 0.25) is 0 Å². The summed E-state index contributed by atoms with van der Waals surface area (Å²) in [6.07, 6.45) is 6.58. The van der Waals surface area contributed by atoms with Gasteiger partial charge in [0, 0.05) is 0 Å². The van der Waals surface area contributed by atoms with Crippen LogP contribution in [0.5, 0.6) is 0 Å². The van der Waals surface area contributed by atoms with Crippen LogP contribution >= 0.6 is 0 Å². The summed E-state index contributed by atoms with van der Waals surface area (Å²) in [4.78, 5) is 0. The van der Waals surface area contributed by atoms with E-state index in [9.17, 15) is 0 Å². The molecule has 0 rings (SSSR count). The Morgan fingerprint density at radius 2 is 0.786 bits per heavy atom. The van der Waals surface area contributed by atoms with Crippen molar-refractivity contribution in [2.24, 2.45) is 5.73 Å². The summed E-state index contributed by atoms with van der Waals surface area (Å²) in [6, 6.07) is 0. The Morgan fingerprint density at radius 3 is 0.786 bits per heavy atom. The fourth-order valence-electron chi connectivity index (χ4n) is 0.354. The van der Waals surface area contributed by atoms with E-state index in [1.54, 1.807) is 0 Å². The fourth-order valence-corrected chi connectivity index (χ4v) is 0.354. The molecule has 0 aliphatic rings. The maximum atomic E-state index is 4.85. The summed E-state index contributed by atoms with van der Waals surface area (Å²) in [5, 5.41) is 0. The smallest absolute Gasteiger partial charge is 0.0106 e. The number of rotatable bonds is 2. The third-order valence-electron chi connectivity index (χ3n) is 0.707. The van der Waals surface area contributed by atoms with E-state index in [4.69, 9.17) is 5.73 Å². The summed E-state index contributed by atoms with van der Waals surface area (Å²) in [5.41, 5.74) is 4.85. The zero-order chi connectivity index (χ0) is 12.2. The molecule has 0 aliphatic carbocycles. The summed E-state index contributed by atoms with van der Waals surface area (Å²) in [6.45, 7) is 15.6. The lowest BCUT2D eigenvalue weighted by atomic mass is 10.3. The minimum atomic E-state index is 0.750. The number of unbranched alkanes of at least 4 members (excludes halogenated alkanes) is 2. The average molecular weight is 205 g/mol. The lowest BCUT2D eigenvalue weighted by Gasteiger charge is -1.79. The highest BCUT2D eigenvalue weighted by molar-refractivity contribution is 4.24. The Kier molecular flexibility index (Phi) is 88.1. The number of hydrogen-bond donors (Lipinski definition) is 1. The van der Waals surface area contributed by atoms with Crippen LogP contribution in [0.1, 0.15) is 80.6 Å². The van der Waals surface area contributed by atoms with E-state index in [0.29, 0.717) is 0 Å². The Morgan fingerprint density at radius 1 is 0.643 bits per heavy atom. The molecule has 1 heteroatoms. The second-order valence-electron chi connectivity index (χ2n) is 3.18. The highest BCUT2D eigenvalue weighted by atomic mass is 14.5. The highest BCUT2D eigenvalue weighted by Crippen LogP contribution is 1.88. The maximum absolute atomic E-state index is 4.85. The van der Waals surface area contributed by atoms with Gasteiger partial charge in [0.15, 0.2) is 0 Å². The molecule has 14 heavy (non-hydrogen) atoms. The molecule has 0 aromatic rings. The summed E-state index contributed by atoms with van der Waals surface area (Å²) >= 11 is 0. The molecule has 0 saturated heterocycles. The predicted molar refractivity (Wildman–Crippen MR) is 71.9 cm³/mol. The third kappa shape index (κ3) is 374. The van der Waals surface area contributed by atoms with Gasteiger partial charge in [0.05, 0.1) is 0 Å². The second-order valence-corrected chi connectivity index (χ2v) is 3.18. The van der Waals surface area contributed by atoms with Gasteiger partial charge in [-0.3, -0.25) is 0 Å². The van der Waals surface area contributed by atoms with E-state index in [1.165, 1.54) is 32.1 Å². The fraction of sp³-hybridized carbons (Fsp3) is 1.00. The second kappa shape index (κ2) is 52.2. The van der Waals surface area contributed by atoms with Gasteiger partial charge in [-0.2, -0.15) is 0 Å². The van der Waals surface area contributed by atoms with E-state index in [2.05, 4.69) is 41.5 Å². The molecule has 0 atom stereocenters. The molecule has 0 bridgehead atoms. The van der Waals surface area contributed by atoms with Crippen molar-refractivity contribution in [3.05, 3.63) is 0 Å². The minimum Gasteiger partial charge on any atom is -0.331 e. The number of hydrogen-bond acceptors (Lipinski definition) is 1. The molecule has 0 unspecified atom stereocenters. The van der Waals surface area contributed by atoms with Crippen LogP contribution in [0.15, 0.2) is 0 Å². The van der Waals surface area contributed by atoms with E-state index in [1.807, 2.05) is 6.92 Å². The largest absolute Gasteiger partial charge is 0.331 e. The molecule has 2 N–H and O–H groups in total. The normalized spacial score (nSPS) is 6.86. The molecule has 0 spiro atoms. The van der Waals surface area contributed by atoms with Crippen LogP contribution in [-0.4, -0.2) is 6.54 Å². The minimum absolute atomic E-state index is 0.750. The van der Waals surface area contributed by atoms with Gasteiger partial charge in [-0.1, -0.05) is 80.6 Å². The van der Waals surface area contributed by atoms with Crippen molar-refractivity contribution in [3.8, 4) is 0 Å². The van der Waals surface area contributed by atoms with Gasteiger partial charge in [0.25, 0.3) is 0 Å². The molecule has 0 aromatic carbocycles. The van der Waals surface area contributed by atoms with Crippen LogP contribution in [-0.2, 0) is 0 Å². The molecule has 0 fully saturated rings. The summed E-state index contributed by atoms with van der Waals surface area (Å²) < 4.78 is 0. The molecular formula is C13H35N. The van der Waals surface area contributed by atoms with Crippen molar-refractivity contribution < 1.29 is 0 Å². The van der Waals surface area contributed by atoms with E-state index in [-0.39, 0.29) is 0 Å². The van der Waals surface area contributed by atoms with Gasteiger partial charge in [0.2, 0.25) is 0 Å². The first-order chi connectivity index (χ1) is 6.66. The van der Waals surface area contributed by atoms with Crippen molar-refractivity contribution in [2.45, 2.75) is 80.6 Å². The molecule has 0 radical (unpaired) electrons. The topological polar surface area (TPSA) is 26.0 Å². The van der Waals surface area contributed by atoms with Gasteiger partial charge < -0.3 is 5.73 Å². The standard InChI is InChI=1S/C5H12.2C3H8.C2H7N/c1-3-5-4-2;2*1-3-2;1-2-3/h3-5H2,1-2H3;2*3H2,1-2H3;2-3H2,1H3. The molecule has 92 valence electrons. The van der Waals surface area contributed by atoms with Gasteiger partial charge in [-0.25, -0.2) is 0 Å². The van der Waals surface area contributed by atoms with Crippen LogP contribution in [0.25, 0.3) is 0 Å². The highest BCUT2D eigenvalue weighted by Gasteiger charge is 1.68. The molecule has 0 saturated carbocycles. The summed E-state index contributed by atoms with van der Waals surface area (Å²) in [5.74, 6) is 0. The molecule has 0 amide bonds. The first kappa shape index (κ1) is 23.6. The Bertz CT molecular complexity index is 29.5. The van der Waals surface area contributed by atoms with Crippen molar-refractivity contribution in [1.29, 1.82) is 0 Å². The monoisotopic (exact) mass is 205 g/mol. The van der Waals surface area contributed by atoms with Crippen molar-refractivity contribution in [1.82, 2.24) is 0 Å². The Labute approximate surface area is 93.5 Å². The molecule has 1 nitrogen and oxygen atoms in total. The first-order valence-electron chi connectivity index (χ1n) is 6.36. The molecule has 0 aliphatic heterocycles. The zero-order valence-corrected chi connectivity index (χ0v) is 11.8. The van der Waals surface area contributed by atoms with Gasteiger partial charge in [-0.05, 0) is 6.54 Å². The quantitative estimate of drug-likeness (QED) is 0.675. The van der Waals surface area contributed by atoms with Gasteiger partial charge in [0.1, 0.15) is 0 Å². The predicted octanol–water partition coefficient (Wildman–Crippen LogP) is 4.99. The van der Waals surface area contributed by atoms with E-state index < -0.39 is 0 Å². The zero-order valence-electron chi connectivity index (χ0n) is 11.8. The lowest BCUT2D eigenvalue weighted by molar-refractivity contribution is 0.772. The first-order valence-corrected chi connectivity index (χ1v) is 6.36. The number of nitrogens with two attached hydrogens (primary N) is 1. The van der Waals surface area contributed by atoms with E-state index in [0.717, 1.165) is 6.54 Å². The van der Waals surface area contributed by atoms with Crippen LogP contribution in [0, 0.1) is 0 Å². The molecular weight excluding hydrogens is 170 g/mol. The molecule has 0 heterocycles. The Hall–Kier alpha value is -0.0400. The molecule has 0 aromatic heterocycles. The third-order valence-corrected chi connectivity index (χ3v) is 0.707. The van der Waals surface area contributed by atoms with Crippen molar-refractivity contribution in [3.63, 3.8) is 0 Å². The van der Waals surface area contributed by atoms with Crippen LogP contribution < -0.4 is 5.73 Å². The Balaban J connectivity index is -0.0000000495. The van der Waals surface area contributed by atoms with Crippen LogP contribution in [0.4, 0.5) is 0 Å². The van der Waals surface area contributed by atoms with Crippen molar-refractivity contribution >= 4 is 0 Å². The SMILES string of the molecule is CCC.CCC.CCCCC.CCN. The van der Waals surface area contributed by atoms with Gasteiger partial charge >= 0.3 is 0 Å². The average Bonchev–Trinajstić information content (AvgIpc) is 2.09. The van der Waals surface area contributed by atoms with Crippen LogP contribution in [0.3, 0.4) is 0 Å².